The summed E-state index contributed by atoms with van der Waals surface area (Å²) in [7, 11) is 0. The predicted octanol–water partition coefficient (Wildman–Crippen LogP) is 3.95. The minimum Gasteiger partial charge on any atom is -0.383 e. The van der Waals surface area contributed by atoms with E-state index in [9.17, 15) is 4.79 Å². The zero-order valence-electron chi connectivity index (χ0n) is 14.7. The molecule has 5 nitrogen and oxygen atoms in total. The maximum atomic E-state index is 11.9. The summed E-state index contributed by atoms with van der Waals surface area (Å²) in [5, 5.41) is 4.11. The minimum atomic E-state index is -0.0265. The topological polar surface area (TPSA) is 80.9 Å². The third kappa shape index (κ3) is 5.34. The van der Waals surface area contributed by atoms with E-state index in [0.29, 0.717) is 16.0 Å². The fourth-order valence-electron chi connectivity index (χ4n) is 2.30. The van der Waals surface area contributed by atoms with Crippen LogP contribution in [-0.2, 0) is 11.2 Å². The molecule has 0 radical (unpaired) electrons. The smallest absolute Gasteiger partial charge is 0.230 e. The molecular formula is C18H23ClN4OS. The molecule has 0 spiro atoms. The van der Waals surface area contributed by atoms with Gasteiger partial charge in [-0.05, 0) is 37.5 Å². The van der Waals surface area contributed by atoms with E-state index in [1.54, 1.807) is 0 Å². The number of nitrogen functional groups attached to an aromatic ring is 1. The van der Waals surface area contributed by atoms with E-state index in [0.717, 1.165) is 29.7 Å². The van der Waals surface area contributed by atoms with E-state index in [1.165, 1.54) is 11.8 Å². The predicted molar refractivity (Wildman–Crippen MR) is 105 cm³/mol. The first kappa shape index (κ1) is 19.5. The number of hydrogen-bond acceptors (Lipinski definition) is 5. The first-order chi connectivity index (χ1) is 11.9. The van der Waals surface area contributed by atoms with Gasteiger partial charge in [-0.1, -0.05) is 49.3 Å². The molecule has 0 saturated carbocycles. The van der Waals surface area contributed by atoms with Gasteiger partial charge in [-0.25, -0.2) is 9.97 Å². The van der Waals surface area contributed by atoms with Gasteiger partial charge in [0.05, 0.1) is 11.4 Å². The number of nitrogens with one attached hydrogen (secondary N) is 1. The average Bonchev–Trinajstić information content (AvgIpc) is 2.60. The van der Waals surface area contributed by atoms with Crippen molar-refractivity contribution in [3.63, 3.8) is 0 Å². The summed E-state index contributed by atoms with van der Waals surface area (Å²) >= 11 is 7.25. The van der Waals surface area contributed by atoms with Crippen LogP contribution in [0.2, 0.25) is 5.02 Å². The van der Waals surface area contributed by atoms with E-state index >= 15 is 0 Å². The molecular weight excluding hydrogens is 356 g/mol. The summed E-state index contributed by atoms with van der Waals surface area (Å²) in [6.45, 7) is 6.03. The molecule has 0 saturated heterocycles. The second kappa shape index (κ2) is 9.06. The second-order valence-electron chi connectivity index (χ2n) is 5.74. The van der Waals surface area contributed by atoms with Crippen LogP contribution >= 0.6 is 23.4 Å². The van der Waals surface area contributed by atoms with E-state index in [2.05, 4.69) is 15.3 Å². The molecule has 7 heteroatoms. The lowest BCUT2D eigenvalue weighted by Gasteiger charge is -2.13. The maximum absolute atomic E-state index is 11.9. The summed E-state index contributed by atoms with van der Waals surface area (Å²) in [5.74, 6) is 0.660. The second-order valence-corrected chi connectivity index (χ2v) is 7.12. The third-order valence-corrected chi connectivity index (χ3v) is 4.91. The number of halogens is 1. The number of carbonyl (C=O) groups is 1. The molecule has 3 N–H and O–H groups in total. The lowest BCUT2D eigenvalue weighted by atomic mass is 10.0. The first-order valence-corrected chi connectivity index (χ1v) is 9.65. The van der Waals surface area contributed by atoms with Gasteiger partial charge in [-0.3, -0.25) is 4.79 Å². The zero-order chi connectivity index (χ0) is 18.4. The summed E-state index contributed by atoms with van der Waals surface area (Å²) in [4.78, 5) is 20.9. The monoisotopic (exact) mass is 378 g/mol. The standard InChI is InChI=1S/C18H23ClN4OS/c1-4-11(3)21-15(24)10-25-18-22-14(5-2)16(17(20)23-18)12-6-8-13(19)9-7-12/h6-9,11H,4-5,10H2,1-3H3,(H,21,24)(H2,20,22,23). The van der Waals surface area contributed by atoms with Gasteiger partial charge in [0, 0.05) is 16.6 Å². The number of thioether (sulfide) groups is 1. The Kier molecular flexibility index (Phi) is 7.08. The van der Waals surface area contributed by atoms with Crippen molar-refractivity contribution >= 4 is 35.1 Å². The first-order valence-electron chi connectivity index (χ1n) is 8.29. The Labute approximate surface area is 157 Å². The van der Waals surface area contributed by atoms with Gasteiger partial charge in [0.1, 0.15) is 5.82 Å². The van der Waals surface area contributed by atoms with Gasteiger partial charge in [-0.15, -0.1) is 0 Å². The van der Waals surface area contributed by atoms with Crippen LogP contribution in [0, 0.1) is 0 Å². The Morgan fingerprint density at radius 1 is 1.28 bits per heavy atom. The van der Waals surface area contributed by atoms with E-state index < -0.39 is 0 Å². The Morgan fingerprint density at radius 3 is 2.56 bits per heavy atom. The van der Waals surface area contributed by atoms with Crippen molar-refractivity contribution in [2.75, 3.05) is 11.5 Å². The molecule has 1 atom stereocenters. The summed E-state index contributed by atoms with van der Waals surface area (Å²) in [6, 6.07) is 7.61. The van der Waals surface area contributed by atoms with Gasteiger partial charge >= 0.3 is 0 Å². The van der Waals surface area contributed by atoms with Crippen LogP contribution in [0.1, 0.15) is 32.9 Å². The van der Waals surface area contributed by atoms with Crippen molar-refractivity contribution in [3.05, 3.63) is 35.0 Å². The lowest BCUT2D eigenvalue weighted by molar-refractivity contribution is -0.119. The van der Waals surface area contributed by atoms with E-state index in [1.807, 2.05) is 45.0 Å². The summed E-state index contributed by atoms with van der Waals surface area (Å²) in [5.41, 5.74) is 8.80. The molecule has 1 aromatic carbocycles. The van der Waals surface area contributed by atoms with Crippen molar-refractivity contribution < 1.29 is 4.79 Å². The number of anilines is 1. The van der Waals surface area contributed by atoms with Gasteiger partial charge < -0.3 is 11.1 Å². The molecule has 1 unspecified atom stereocenters. The molecule has 2 aromatic rings. The Hall–Kier alpha value is -1.79. The molecule has 1 amide bonds. The van der Waals surface area contributed by atoms with Crippen molar-refractivity contribution in [3.8, 4) is 11.1 Å². The Morgan fingerprint density at radius 2 is 1.96 bits per heavy atom. The van der Waals surface area contributed by atoms with Crippen LogP contribution in [0.5, 0.6) is 0 Å². The normalized spacial score (nSPS) is 12.0. The van der Waals surface area contributed by atoms with E-state index in [4.69, 9.17) is 17.3 Å². The number of rotatable bonds is 7. The van der Waals surface area contributed by atoms with Gasteiger partial charge in [0.25, 0.3) is 0 Å². The van der Waals surface area contributed by atoms with Gasteiger partial charge in [0.15, 0.2) is 5.16 Å². The average molecular weight is 379 g/mol. The van der Waals surface area contributed by atoms with Crippen molar-refractivity contribution in [2.45, 2.75) is 44.8 Å². The van der Waals surface area contributed by atoms with Gasteiger partial charge in [0.2, 0.25) is 5.91 Å². The molecule has 25 heavy (non-hydrogen) atoms. The van der Waals surface area contributed by atoms with Crippen LogP contribution in [-0.4, -0.2) is 27.7 Å². The minimum absolute atomic E-state index is 0.0265. The number of nitrogens with two attached hydrogens (primary N) is 1. The summed E-state index contributed by atoms with van der Waals surface area (Å²) in [6.07, 6.45) is 1.62. The van der Waals surface area contributed by atoms with Crippen LogP contribution in [0.3, 0.4) is 0 Å². The third-order valence-electron chi connectivity index (χ3n) is 3.81. The fraction of sp³-hybridized carbons (Fsp3) is 0.389. The maximum Gasteiger partial charge on any atom is 0.230 e. The number of nitrogens with zero attached hydrogens (tertiary/aromatic N) is 2. The highest BCUT2D eigenvalue weighted by atomic mass is 35.5. The van der Waals surface area contributed by atoms with Crippen LogP contribution in [0.4, 0.5) is 5.82 Å². The molecule has 134 valence electrons. The Balaban J connectivity index is 2.19. The molecule has 0 bridgehead atoms. The molecule has 0 aliphatic carbocycles. The van der Waals surface area contributed by atoms with Crippen molar-refractivity contribution in [2.24, 2.45) is 0 Å². The largest absolute Gasteiger partial charge is 0.383 e. The fourth-order valence-corrected chi connectivity index (χ4v) is 3.11. The molecule has 2 rings (SSSR count). The van der Waals surface area contributed by atoms with Crippen molar-refractivity contribution in [1.82, 2.24) is 15.3 Å². The van der Waals surface area contributed by atoms with Crippen LogP contribution in [0.15, 0.2) is 29.4 Å². The highest BCUT2D eigenvalue weighted by Crippen LogP contribution is 2.30. The zero-order valence-corrected chi connectivity index (χ0v) is 16.2. The number of amides is 1. The molecule has 0 aliphatic heterocycles. The van der Waals surface area contributed by atoms with Crippen molar-refractivity contribution in [1.29, 1.82) is 0 Å². The molecule has 1 aromatic heterocycles. The Bertz CT molecular complexity index is 737. The SMILES string of the molecule is CCc1nc(SCC(=O)NC(C)CC)nc(N)c1-c1ccc(Cl)cc1. The number of aromatic nitrogens is 2. The van der Waals surface area contributed by atoms with E-state index in [-0.39, 0.29) is 17.7 Å². The van der Waals surface area contributed by atoms with Crippen LogP contribution < -0.4 is 11.1 Å². The van der Waals surface area contributed by atoms with Crippen LogP contribution in [0.25, 0.3) is 11.1 Å². The highest BCUT2D eigenvalue weighted by molar-refractivity contribution is 7.99. The van der Waals surface area contributed by atoms with Gasteiger partial charge in [-0.2, -0.15) is 0 Å². The molecule has 1 heterocycles. The number of hydrogen-bond donors (Lipinski definition) is 2. The summed E-state index contributed by atoms with van der Waals surface area (Å²) < 4.78 is 0. The molecule has 0 aliphatic rings. The number of benzene rings is 1. The number of aryl methyl sites for hydroxylation is 1. The highest BCUT2D eigenvalue weighted by Gasteiger charge is 2.15. The quantitative estimate of drug-likeness (QED) is 0.563. The molecule has 0 fully saturated rings. The number of carbonyl (C=O) groups excluding carboxylic acids is 1. The lowest BCUT2D eigenvalue weighted by Crippen LogP contribution is -2.33.